The highest BCUT2D eigenvalue weighted by molar-refractivity contribution is 14.0. The fourth-order valence-corrected chi connectivity index (χ4v) is 2.16. The largest absolute Gasteiger partial charge is 0.354 e. The van der Waals surface area contributed by atoms with Crippen molar-refractivity contribution in [2.75, 3.05) is 7.05 Å². The van der Waals surface area contributed by atoms with E-state index in [0.29, 0.717) is 12.6 Å². The Labute approximate surface area is 150 Å². The first-order valence-corrected chi connectivity index (χ1v) is 7.52. The smallest absolute Gasteiger partial charge is 0.191 e. The maximum absolute atomic E-state index is 4.56. The van der Waals surface area contributed by atoms with Gasteiger partial charge in [0.25, 0.3) is 0 Å². The van der Waals surface area contributed by atoms with E-state index in [9.17, 15) is 0 Å². The molecular weight excluding hydrogens is 445 g/mol. The second kappa shape index (κ2) is 8.57. The SMILES string of the molecule is CCC(C)NC(=NC)NCc1cn2cc(Br)ccc2n1.I. The first-order chi connectivity index (χ1) is 9.62. The van der Waals surface area contributed by atoms with Crippen molar-refractivity contribution in [2.24, 2.45) is 4.99 Å². The van der Waals surface area contributed by atoms with Crippen LogP contribution in [0.2, 0.25) is 0 Å². The molecule has 0 aliphatic heterocycles. The van der Waals surface area contributed by atoms with Crippen molar-refractivity contribution in [2.45, 2.75) is 32.9 Å². The van der Waals surface area contributed by atoms with Crippen molar-refractivity contribution >= 4 is 51.5 Å². The van der Waals surface area contributed by atoms with E-state index in [2.05, 4.69) is 50.4 Å². The Morgan fingerprint density at radius 2 is 2.19 bits per heavy atom. The van der Waals surface area contributed by atoms with Crippen LogP contribution in [0.15, 0.2) is 34.0 Å². The molecule has 2 aromatic heterocycles. The molecule has 1 atom stereocenters. The van der Waals surface area contributed by atoms with Gasteiger partial charge in [0.05, 0.1) is 12.2 Å². The van der Waals surface area contributed by atoms with E-state index in [4.69, 9.17) is 0 Å². The Kier molecular flexibility index (Phi) is 7.44. The van der Waals surface area contributed by atoms with Crippen molar-refractivity contribution in [3.05, 3.63) is 34.7 Å². The minimum absolute atomic E-state index is 0. The Morgan fingerprint density at radius 3 is 2.86 bits per heavy atom. The molecule has 2 N–H and O–H groups in total. The summed E-state index contributed by atoms with van der Waals surface area (Å²) in [6.07, 6.45) is 5.07. The zero-order chi connectivity index (χ0) is 14.5. The van der Waals surface area contributed by atoms with E-state index in [1.165, 1.54) is 0 Å². The van der Waals surface area contributed by atoms with Crippen molar-refractivity contribution < 1.29 is 0 Å². The lowest BCUT2D eigenvalue weighted by Crippen LogP contribution is -2.41. The monoisotopic (exact) mass is 465 g/mol. The first kappa shape index (κ1) is 18.2. The number of guanidine groups is 1. The Balaban J connectivity index is 0.00000220. The first-order valence-electron chi connectivity index (χ1n) is 6.72. The van der Waals surface area contributed by atoms with Crippen LogP contribution in [0.1, 0.15) is 26.0 Å². The van der Waals surface area contributed by atoms with E-state index in [0.717, 1.165) is 28.2 Å². The lowest BCUT2D eigenvalue weighted by Gasteiger charge is -2.15. The molecule has 21 heavy (non-hydrogen) atoms. The number of aromatic nitrogens is 2. The standard InChI is InChI=1S/C14H20BrN5.HI/c1-4-10(2)18-14(16-3)17-7-12-9-20-8-11(15)5-6-13(20)19-12;/h5-6,8-10H,4,7H2,1-3H3,(H2,16,17,18);1H. The predicted octanol–water partition coefficient (Wildman–Crippen LogP) is 3.18. The van der Waals surface area contributed by atoms with Gasteiger partial charge in [0.2, 0.25) is 0 Å². The van der Waals surface area contributed by atoms with Gasteiger partial charge in [-0.05, 0) is 41.4 Å². The summed E-state index contributed by atoms with van der Waals surface area (Å²) in [7, 11) is 1.78. The number of pyridine rings is 1. The van der Waals surface area contributed by atoms with Gasteiger partial charge in [0, 0.05) is 30.0 Å². The topological polar surface area (TPSA) is 53.7 Å². The van der Waals surface area contributed by atoms with Gasteiger partial charge in [-0.15, -0.1) is 24.0 Å². The van der Waals surface area contributed by atoms with Crippen molar-refractivity contribution in [1.29, 1.82) is 0 Å². The maximum Gasteiger partial charge on any atom is 0.191 e. The molecule has 0 bridgehead atoms. The van der Waals surface area contributed by atoms with Crippen LogP contribution in [0.5, 0.6) is 0 Å². The minimum Gasteiger partial charge on any atom is -0.354 e. The quantitative estimate of drug-likeness (QED) is 0.414. The molecule has 2 heterocycles. The van der Waals surface area contributed by atoms with Gasteiger partial charge >= 0.3 is 0 Å². The fourth-order valence-electron chi connectivity index (χ4n) is 1.81. The summed E-state index contributed by atoms with van der Waals surface area (Å²) < 4.78 is 3.04. The van der Waals surface area contributed by atoms with Gasteiger partial charge in [-0.1, -0.05) is 6.92 Å². The summed E-state index contributed by atoms with van der Waals surface area (Å²) in [4.78, 5) is 8.77. The third-order valence-electron chi connectivity index (χ3n) is 3.12. The van der Waals surface area contributed by atoms with E-state index in [-0.39, 0.29) is 24.0 Å². The summed E-state index contributed by atoms with van der Waals surface area (Å²) in [5.41, 5.74) is 1.92. The third kappa shape index (κ3) is 5.14. The van der Waals surface area contributed by atoms with Crippen LogP contribution < -0.4 is 10.6 Å². The number of rotatable bonds is 4. The summed E-state index contributed by atoms with van der Waals surface area (Å²) in [5.74, 6) is 0.803. The highest BCUT2D eigenvalue weighted by Crippen LogP contribution is 2.12. The molecule has 0 amide bonds. The van der Waals surface area contributed by atoms with Crippen molar-refractivity contribution in [3.8, 4) is 0 Å². The molecule has 0 aliphatic rings. The molecule has 0 saturated heterocycles. The summed E-state index contributed by atoms with van der Waals surface area (Å²) in [6.45, 7) is 4.93. The average Bonchev–Trinajstić information content (AvgIpc) is 2.84. The van der Waals surface area contributed by atoms with Crippen molar-refractivity contribution in [1.82, 2.24) is 20.0 Å². The molecule has 7 heteroatoms. The Hall–Kier alpha value is -0.830. The molecule has 1 unspecified atom stereocenters. The number of aliphatic imine (C=N–C) groups is 1. The summed E-state index contributed by atoms with van der Waals surface area (Å²) in [5, 5.41) is 6.60. The normalized spacial score (nSPS) is 12.9. The van der Waals surface area contributed by atoms with Gasteiger partial charge in [0.15, 0.2) is 5.96 Å². The molecule has 0 radical (unpaired) electrons. The van der Waals surface area contributed by atoms with Gasteiger partial charge < -0.3 is 15.0 Å². The van der Waals surface area contributed by atoms with Crippen LogP contribution >= 0.6 is 39.9 Å². The second-order valence-corrected chi connectivity index (χ2v) is 5.64. The van der Waals surface area contributed by atoms with E-state index in [1.54, 1.807) is 7.05 Å². The van der Waals surface area contributed by atoms with Crippen LogP contribution in [-0.2, 0) is 6.54 Å². The number of hydrogen-bond donors (Lipinski definition) is 2. The highest BCUT2D eigenvalue weighted by Gasteiger charge is 2.05. The summed E-state index contributed by atoms with van der Waals surface area (Å²) in [6, 6.07) is 4.38. The summed E-state index contributed by atoms with van der Waals surface area (Å²) >= 11 is 3.46. The molecule has 2 rings (SSSR count). The molecule has 116 valence electrons. The zero-order valence-corrected chi connectivity index (χ0v) is 16.3. The van der Waals surface area contributed by atoms with E-state index >= 15 is 0 Å². The van der Waals surface area contributed by atoms with Gasteiger partial charge in [-0.2, -0.15) is 0 Å². The molecular formula is C14H21BrIN5. The molecule has 2 aromatic rings. The molecule has 5 nitrogen and oxygen atoms in total. The minimum atomic E-state index is 0. The average molecular weight is 466 g/mol. The molecule has 0 aromatic carbocycles. The van der Waals surface area contributed by atoms with Gasteiger partial charge in [-0.25, -0.2) is 4.98 Å². The lowest BCUT2D eigenvalue weighted by atomic mass is 10.3. The second-order valence-electron chi connectivity index (χ2n) is 4.72. The lowest BCUT2D eigenvalue weighted by molar-refractivity contribution is 0.623. The number of halogens is 2. The van der Waals surface area contributed by atoms with E-state index < -0.39 is 0 Å². The zero-order valence-electron chi connectivity index (χ0n) is 12.4. The number of fused-ring (bicyclic) bond motifs is 1. The number of nitrogens with one attached hydrogen (secondary N) is 2. The van der Waals surface area contributed by atoms with Crippen LogP contribution in [0, 0.1) is 0 Å². The number of imidazole rings is 1. The molecule has 0 fully saturated rings. The van der Waals surface area contributed by atoms with E-state index in [1.807, 2.05) is 28.9 Å². The van der Waals surface area contributed by atoms with Gasteiger partial charge in [-0.3, -0.25) is 4.99 Å². The molecule has 0 aliphatic carbocycles. The molecule has 0 saturated carbocycles. The third-order valence-corrected chi connectivity index (χ3v) is 3.59. The van der Waals surface area contributed by atoms with Crippen LogP contribution in [-0.4, -0.2) is 28.4 Å². The molecule has 0 spiro atoms. The fraction of sp³-hybridized carbons (Fsp3) is 0.429. The van der Waals surface area contributed by atoms with Crippen LogP contribution in [0.3, 0.4) is 0 Å². The van der Waals surface area contributed by atoms with Crippen molar-refractivity contribution in [3.63, 3.8) is 0 Å². The number of nitrogens with zero attached hydrogens (tertiary/aromatic N) is 3. The van der Waals surface area contributed by atoms with Crippen LogP contribution in [0.25, 0.3) is 5.65 Å². The van der Waals surface area contributed by atoms with Crippen LogP contribution in [0.4, 0.5) is 0 Å². The Morgan fingerprint density at radius 1 is 1.43 bits per heavy atom. The highest BCUT2D eigenvalue weighted by atomic mass is 127. The predicted molar refractivity (Wildman–Crippen MR) is 101 cm³/mol. The Bertz CT molecular complexity index is 610. The number of hydrogen-bond acceptors (Lipinski definition) is 2. The maximum atomic E-state index is 4.56. The van der Waals surface area contributed by atoms with Gasteiger partial charge in [0.1, 0.15) is 5.65 Å².